The molecule has 3 nitrogen and oxygen atoms in total. The summed E-state index contributed by atoms with van der Waals surface area (Å²) in [6.07, 6.45) is 2.34. The van der Waals surface area contributed by atoms with E-state index in [4.69, 9.17) is 4.74 Å². The van der Waals surface area contributed by atoms with Crippen LogP contribution in [0.3, 0.4) is 0 Å². The van der Waals surface area contributed by atoms with E-state index in [0.29, 0.717) is 12.1 Å². The van der Waals surface area contributed by atoms with E-state index in [1.807, 2.05) is 12.1 Å². The number of benzene rings is 1. The van der Waals surface area contributed by atoms with Gasteiger partial charge in [0.1, 0.15) is 5.75 Å². The summed E-state index contributed by atoms with van der Waals surface area (Å²) < 4.78 is 5.43. The van der Waals surface area contributed by atoms with Crippen LogP contribution in [-0.4, -0.2) is 43.7 Å². The molecule has 1 heterocycles. The Morgan fingerprint density at radius 2 is 2.05 bits per heavy atom. The van der Waals surface area contributed by atoms with E-state index in [1.54, 1.807) is 7.11 Å². The van der Waals surface area contributed by atoms with Gasteiger partial charge in [-0.25, -0.2) is 0 Å². The van der Waals surface area contributed by atoms with Crippen LogP contribution in [0.4, 0.5) is 0 Å². The first-order chi connectivity index (χ1) is 10.1. The Morgan fingerprint density at radius 3 is 2.71 bits per heavy atom. The predicted octanol–water partition coefficient (Wildman–Crippen LogP) is 2.95. The lowest BCUT2D eigenvalue weighted by Gasteiger charge is -2.21. The van der Waals surface area contributed by atoms with Crippen LogP contribution < -0.4 is 10.1 Å². The molecule has 118 valence electrons. The summed E-state index contributed by atoms with van der Waals surface area (Å²) in [6.45, 7) is 10.5. The fourth-order valence-corrected chi connectivity index (χ4v) is 3.14. The first-order valence-corrected chi connectivity index (χ1v) is 8.19. The second kappa shape index (κ2) is 7.81. The second-order valence-electron chi connectivity index (χ2n) is 6.57. The number of methoxy groups -OCH3 is 1. The average Bonchev–Trinajstić information content (AvgIpc) is 2.95. The summed E-state index contributed by atoms with van der Waals surface area (Å²) in [7, 11) is 1.75. The van der Waals surface area contributed by atoms with Crippen molar-refractivity contribution in [2.24, 2.45) is 5.92 Å². The van der Waals surface area contributed by atoms with Gasteiger partial charge < -0.3 is 15.0 Å². The Balaban J connectivity index is 1.76. The zero-order valence-corrected chi connectivity index (χ0v) is 13.9. The standard InChI is InChI=1S/C18H30N2O/c1-14(2)20-10-9-16(13-20)12-19-15(3)11-17-7-5-6-8-18(17)21-4/h5-8,14-16,19H,9-13H2,1-4H3. The number of para-hydroxylation sites is 1. The van der Waals surface area contributed by atoms with Crippen LogP contribution in [-0.2, 0) is 6.42 Å². The van der Waals surface area contributed by atoms with Gasteiger partial charge in [-0.2, -0.15) is 0 Å². The van der Waals surface area contributed by atoms with Gasteiger partial charge >= 0.3 is 0 Å². The third-order valence-corrected chi connectivity index (χ3v) is 4.52. The van der Waals surface area contributed by atoms with Gasteiger partial charge in [0.25, 0.3) is 0 Å². The molecule has 1 aromatic carbocycles. The monoisotopic (exact) mass is 290 g/mol. The van der Waals surface area contributed by atoms with Crippen molar-refractivity contribution in [2.45, 2.75) is 45.7 Å². The number of nitrogens with zero attached hydrogens (tertiary/aromatic N) is 1. The smallest absolute Gasteiger partial charge is 0.122 e. The third-order valence-electron chi connectivity index (χ3n) is 4.52. The molecule has 0 amide bonds. The van der Waals surface area contributed by atoms with Crippen LogP contribution in [0.25, 0.3) is 0 Å². The molecule has 2 unspecified atom stereocenters. The van der Waals surface area contributed by atoms with Crippen molar-refractivity contribution in [3.63, 3.8) is 0 Å². The molecule has 0 spiro atoms. The highest BCUT2D eigenvalue weighted by atomic mass is 16.5. The maximum Gasteiger partial charge on any atom is 0.122 e. The van der Waals surface area contributed by atoms with E-state index in [2.05, 4.69) is 43.1 Å². The summed E-state index contributed by atoms with van der Waals surface area (Å²) in [5.41, 5.74) is 1.29. The van der Waals surface area contributed by atoms with Gasteiger partial charge in [-0.1, -0.05) is 18.2 Å². The molecule has 2 atom stereocenters. The Labute approximate surface area is 129 Å². The van der Waals surface area contributed by atoms with E-state index in [1.165, 1.54) is 25.1 Å². The van der Waals surface area contributed by atoms with Crippen LogP contribution in [0.1, 0.15) is 32.8 Å². The Hall–Kier alpha value is -1.06. The minimum Gasteiger partial charge on any atom is -0.496 e. The normalized spacial score (nSPS) is 20.9. The molecule has 0 saturated carbocycles. The quantitative estimate of drug-likeness (QED) is 0.835. The molecule has 1 aliphatic heterocycles. The fraction of sp³-hybridized carbons (Fsp3) is 0.667. The van der Waals surface area contributed by atoms with Gasteiger partial charge in [0.2, 0.25) is 0 Å². The predicted molar refractivity (Wildman–Crippen MR) is 89.0 cm³/mol. The average molecular weight is 290 g/mol. The summed E-state index contributed by atoms with van der Waals surface area (Å²) >= 11 is 0. The summed E-state index contributed by atoms with van der Waals surface area (Å²) in [5.74, 6) is 1.80. The molecule has 1 aliphatic rings. The highest BCUT2D eigenvalue weighted by Crippen LogP contribution is 2.20. The van der Waals surface area contributed by atoms with Crippen LogP contribution in [0.15, 0.2) is 24.3 Å². The molecule has 2 rings (SSSR count). The SMILES string of the molecule is COc1ccccc1CC(C)NCC1CCN(C(C)C)C1. The Kier molecular flexibility index (Phi) is 6.07. The van der Waals surface area contributed by atoms with E-state index in [0.717, 1.165) is 24.6 Å². The topological polar surface area (TPSA) is 24.5 Å². The van der Waals surface area contributed by atoms with Crippen LogP contribution in [0.5, 0.6) is 5.75 Å². The van der Waals surface area contributed by atoms with Crippen molar-refractivity contribution in [1.82, 2.24) is 10.2 Å². The van der Waals surface area contributed by atoms with Crippen molar-refractivity contribution in [3.8, 4) is 5.75 Å². The lowest BCUT2D eigenvalue weighted by Crippen LogP contribution is -2.35. The maximum absolute atomic E-state index is 5.43. The molecule has 0 bridgehead atoms. The molecule has 0 aliphatic carbocycles. The van der Waals surface area contributed by atoms with Gasteiger partial charge in [-0.15, -0.1) is 0 Å². The van der Waals surface area contributed by atoms with Crippen LogP contribution in [0.2, 0.25) is 0 Å². The van der Waals surface area contributed by atoms with Gasteiger partial charge in [0, 0.05) is 18.6 Å². The van der Waals surface area contributed by atoms with Gasteiger partial charge in [-0.05, 0) is 64.3 Å². The van der Waals surface area contributed by atoms with Crippen molar-refractivity contribution < 1.29 is 4.74 Å². The lowest BCUT2D eigenvalue weighted by atomic mass is 10.0. The minimum absolute atomic E-state index is 0.481. The molecule has 0 aromatic heterocycles. The van der Waals surface area contributed by atoms with Crippen molar-refractivity contribution in [3.05, 3.63) is 29.8 Å². The summed E-state index contributed by atoms with van der Waals surface area (Å²) in [6, 6.07) is 9.48. The highest BCUT2D eigenvalue weighted by molar-refractivity contribution is 5.33. The molecule has 3 heteroatoms. The zero-order chi connectivity index (χ0) is 15.2. The number of hydrogen-bond donors (Lipinski definition) is 1. The number of ether oxygens (including phenoxy) is 1. The number of rotatable bonds is 7. The van der Waals surface area contributed by atoms with E-state index < -0.39 is 0 Å². The lowest BCUT2D eigenvalue weighted by molar-refractivity contribution is 0.263. The molecule has 1 aromatic rings. The Bertz CT molecular complexity index is 433. The first kappa shape index (κ1) is 16.3. The second-order valence-corrected chi connectivity index (χ2v) is 6.57. The molecular weight excluding hydrogens is 260 g/mol. The molecule has 0 radical (unpaired) electrons. The summed E-state index contributed by atoms with van der Waals surface area (Å²) in [4.78, 5) is 2.58. The van der Waals surface area contributed by atoms with E-state index in [-0.39, 0.29) is 0 Å². The van der Waals surface area contributed by atoms with E-state index >= 15 is 0 Å². The van der Waals surface area contributed by atoms with Crippen LogP contribution >= 0.6 is 0 Å². The first-order valence-electron chi connectivity index (χ1n) is 8.19. The van der Waals surface area contributed by atoms with Crippen molar-refractivity contribution in [1.29, 1.82) is 0 Å². The highest BCUT2D eigenvalue weighted by Gasteiger charge is 2.24. The number of hydrogen-bond acceptors (Lipinski definition) is 3. The molecule has 21 heavy (non-hydrogen) atoms. The largest absolute Gasteiger partial charge is 0.496 e. The van der Waals surface area contributed by atoms with Gasteiger partial charge in [0.05, 0.1) is 7.11 Å². The van der Waals surface area contributed by atoms with Crippen molar-refractivity contribution >= 4 is 0 Å². The molecule has 1 N–H and O–H groups in total. The van der Waals surface area contributed by atoms with Crippen molar-refractivity contribution in [2.75, 3.05) is 26.7 Å². The van der Waals surface area contributed by atoms with E-state index in [9.17, 15) is 0 Å². The molecule has 1 saturated heterocycles. The molecular formula is C18H30N2O. The Morgan fingerprint density at radius 1 is 1.29 bits per heavy atom. The minimum atomic E-state index is 0.481. The van der Waals surface area contributed by atoms with Gasteiger partial charge in [0.15, 0.2) is 0 Å². The summed E-state index contributed by atoms with van der Waals surface area (Å²) in [5, 5.41) is 3.70. The van der Waals surface area contributed by atoms with Crippen LogP contribution in [0, 0.1) is 5.92 Å². The van der Waals surface area contributed by atoms with Gasteiger partial charge in [-0.3, -0.25) is 0 Å². The molecule has 1 fully saturated rings. The number of likely N-dealkylation sites (tertiary alicyclic amines) is 1. The number of nitrogens with one attached hydrogen (secondary N) is 1. The zero-order valence-electron chi connectivity index (χ0n) is 13.9. The maximum atomic E-state index is 5.43. The third kappa shape index (κ3) is 4.72. The fourth-order valence-electron chi connectivity index (χ4n) is 3.14.